The summed E-state index contributed by atoms with van der Waals surface area (Å²) in [5.41, 5.74) is 9.63. The number of benzene rings is 2. The Morgan fingerprint density at radius 1 is 1.16 bits per heavy atom. The highest BCUT2D eigenvalue weighted by molar-refractivity contribution is 5.99. The molecule has 6 rings (SSSR count). The number of rotatable bonds is 8. The second-order valence-electron chi connectivity index (χ2n) is 10.9. The van der Waals surface area contributed by atoms with Gasteiger partial charge in [0.05, 0.1) is 30.8 Å². The fourth-order valence-electron chi connectivity index (χ4n) is 5.41. The van der Waals surface area contributed by atoms with Crippen LogP contribution >= 0.6 is 0 Å². The predicted molar refractivity (Wildman–Crippen MR) is 164 cm³/mol. The van der Waals surface area contributed by atoms with Crippen LogP contribution in [0.5, 0.6) is 5.75 Å². The molecule has 3 N–H and O–H groups in total. The van der Waals surface area contributed by atoms with E-state index in [1.54, 1.807) is 23.1 Å². The first-order valence-corrected chi connectivity index (χ1v) is 14.5. The van der Waals surface area contributed by atoms with Gasteiger partial charge in [0.2, 0.25) is 5.70 Å². The summed E-state index contributed by atoms with van der Waals surface area (Å²) >= 11 is 0. The number of likely N-dealkylation sites (tertiary alicyclic amines) is 1. The van der Waals surface area contributed by atoms with E-state index in [2.05, 4.69) is 20.1 Å². The molecule has 224 valence electrons. The van der Waals surface area contributed by atoms with Gasteiger partial charge in [0.15, 0.2) is 5.65 Å². The van der Waals surface area contributed by atoms with Gasteiger partial charge in [-0.25, -0.2) is 24.3 Å². The molecular formula is C32H32N8O4. The van der Waals surface area contributed by atoms with Crippen LogP contribution in [0.15, 0.2) is 66.6 Å². The predicted octanol–water partition coefficient (Wildman–Crippen LogP) is 5.21. The third-order valence-corrected chi connectivity index (χ3v) is 7.83. The van der Waals surface area contributed by atoms with Crippen molar-refractivity contribution in [2.45, 2.75) is 38.3 Å². The maximum absolute atomic E-state index is 13.2. The Morgan fingerprint density at radius 3 is 2.73 bits per heavy atom. The number of carbonyl (C=O) groups is 2. The Kier molecular flexibility index (Phi) is 8.10. The number of aromatic nitrogens is 4. The summed E-state index contributed by atoms with van der Waals surface area (Å²) in [4.78, 5) is 39.7. The number of nitrogens with one attached hydrogen (secondary N) is 1. The summed E-state index contributed by atoms with van der Waals surface area (Å²) in [5.74, 6) is 0.770. The largest absolute Gasteiger partial charge is 0.495 e. The number of hydrogen-bond acceptors (Lipinski definition) is 8. The number of piperidine rings is 1. The fourth-order valence-corrected chi connectivity index (χ4v) is 5.41. The lowest BCUT2D eigenvalue weighted by atomic mass is 10.1. The minimum Gasteiger partial charge on any atom is -0.495 e. The minimum atomic E-state index is -0.614. The van der Waals surface area contributed by atoms with E-state index < -0.39 is 6.09 Å². The molecule has 3 heterocycles. The number of allylic oxidation sites excluding steroid dienone is 1. The molecule has 1 saturated carbocycles. The number of anilines is 2. The van der Waals surface area contributed by atoms with Crippen molar-refractivity contribution in [1.29, 1.82) is 0 Å². The Bertz CT molecular complexity index is 1770. The summed E-state index contributed by atoms with van der Waals surface area (Å²) in [5, 5.41) is 8.26. The number of methoxy groups -OCH3 is 1. The second kappa shape index (κ2) is 12.4. The van der Waals surface area contributed by atoms with Gasteiger partial charge in [-0.1, -0.05) is 42.5 Å². The summed E-state index contributed by atoms with van der Waals surface area (Å²) in [6, 6.07) is 14.5. The van der Waals surface area contributed by atoms with E-state index in [0.29, 0.717) is 52.7 Å². The molecule has 1 aliphatic carbocycles. The summed E-state index contributed by atoms with van der Waals surface area (Å²) in [6.07, 6.45) is 6.18. The van der Waals surface area contributed by atoms with Gasteiger partial charge >= 0.3 is 6.09 Å². The molecule has 44 heavy (non-hydrogen) atoms. The molecular weight excluding hydrogens is 560 g/mol. The van der Waals surface area contributed by atoms with Crippen LogP contribution < -0.4 is 15.8 Å². The molecule has 1 unspecified atom stereocenters. The molecule has 0 bridgehead atoms. The topological polar surface area (TPSA) is 142 Å². The van der Waals surface area contributed by atoms with E-state index in [1.807, 2.05) is 41.1 Å². The van der Waals surface area contributed by atoms with Crippen LogP contribution in [0.1, 0.15) is 37.3 Å². The number of fused-ring (bicyclic) bond motifs is 1. The van der Waals surface area contributed by atoms with Gasteiger partial charge in [-0.05, 0) is 49.3 Å². The van der Waals surface area contributed by atoms with Crippen molar-refractivity contribution >= 4 is 34.5 Å². The van der Waals surface area contributed by atoms with Crippen LogP contribution in [-0.4, -0.2) is 56.8 Å². The quantitative estimate of drug-likeness (QED) is 0.210. The molecule has 1 saturated heterocycles. The Morgan fingerprint density at radius 2 is 1.98 bits per heavy atom. The molecule has 2 aliphatic rings. The zero-order valence-electron chi connectivity index (χ0n) is 24.3. The lowest BCUT2D eigenvalue weighted by Gasteiger charge is -2.33. The maximum Gasteiger partial charge on any atom is 0.412 e. The van der Waals surface area contributed by atoms with Crippen molar-refractivity contribution in [2.75, 3.05) is 31.2 Å². The molecule has 2 amide bonds. The van der Waals surface area contributed by atoms with Crippen LogP contribution in [0.25, 0.3) is 27.1 Å². The summed E-state index contributed by atoms with van der Waals surface area (Å²) in [6.45, 7) is 8.65. The van der Waals surface area contributed by atoms with E-state index in [4.69, 9.17) is 26.9 Å². The van der Waals surface area contributed by atoms with Crippen molar-refractivity contribution in [2.24, 2.45) is 5.92 Å². The van der Waals surface area contributed by atoms with Crippen LogP contribution in [0.3, 0.4) is 0 Å². The van der Waals surface area contributed by atoms with E-state index in [-0.39, 0.29) is 30.1 Å². The SMILES string of the molecule is [C-]#[N+]/C(=C\C1CC1)C(=O)N1CCCC(n2nc(-c3ccc(NC(=O)OCc4ccccc4)c(OC)c3)c3c(N)ncnc32)C1. The van der Waals surface area contributed by atoms with Crippen LogP contribution in [0.2, 0.25) is 0 Å². The fraction of sp³-hybridized carbons (Fsp3) is 0.312. The number of ether oxygens (including phenoxy) is 2. The average molecular weight is 593 g/mol. The summed E-state index contributed by atoms with van der Waals surface area (Å²) in [7, 11) is 1.51. The zero-order chi connectivity index (χ0) is 30.6. The molecule has 12 heteroatoms. The first kappa shape index (κ1) is 28.7. The van der Waals surface area contributed by atoms with Crippen molar-refractivity contribution in [3.63, 3.8) is 0 Å². The lowest BCUT2D eigenvalue weighted by Crippen LogP contribution is -2.41. The summed E-state index contributed by atoms with van der Waals surface area (Å²) < 4.78 is 12.8. The molecule has 2 fully saturated rings. The van der Waals surface area contributed by atoms with E-state index in [1.165, 1.54) is 13.4 Å². The molecule has 2 aromatic carbocycles. The number of carbonyl (C=O) groups excluding carboxylic acids is 2. The third kappa shape index (κ3) is 6.03. The minimum absolute atomic E-state index is 0.135. The van der Waals surface area contributed by atoms with Gasteiger partial charge in [0.1, 0.15) is 30.2 Å². The monoisotopic (exact) mass is 592 g/mol. The van der Waals surface area contributed by atoms with Crippen molar-refractivity contribution in [1.82, 2.24) is 24.6 Å². The Balaban J connectivity index is 1.26. The Labute approximate surface area is 254 Å². The highest BCUT2D eigenvalue weighted by Gasteiger charge is 2.31. The highest BCUT2D eigenvalue weighted by atomic mass is 16.5. The number of nitrogens with two attached hydrogens (primary N) is 1. The molecule has 1 atom stereocenters. The van der Waals surface area contributed by atoms with Crippen LogP contribution in [0, 0.1) is 12.5 Å². The molecule has 0 spiro atoms. The van der Waals surface area contributed by atoms with Gasteiger partial charge in [-0.15, -0.1) is 0 Å². The molecule has 2 aromatic heterocycles. The smallest absolute Gasteiger partial charge is 0.412 e. The zero-order valence-corrected chi connectivity index (χ0v) is 24.3. The van der Waals surface area contributed by atoms with E-state index in [9.17, 15) is 9.59 Å². The second-order valence-corrected chi connectivity index (χ2v) is 10.9. The number of hydrogen-bond donors (Lipinski definition) is 2. The van der Waals surface area contributed by atoms with Gasteiger partial charge in [0.25, 0.3) is 5.91 Å². The number of amides is 2. The Hall–Kier alpha value is -5.44. The van der Waals surface area contributed by atoms with Gasteiger partial charge < -0.3 is 20.1 Å². The van der Waals surface area contributed by atoms with Crippen molar-refractivity contribution in [3.05, 3.63) is 83.6 Å². The third-order valence-electron chi connectivity index (χ3n) is 7.83. The van der Waals surface area contributed by atoms with Crippen LogP contribution in [0.4, 0.5) is 16.3 Å². The molecule has 12 nitrogen and oxygen atoms in total. The van der Waals surface area contributed by atoms with E-state index >= 15 is 0 Å². The van der Waals surface area contributed by atoms with Crippen LogP contribution in [-0.2, 0) is 16.1 Å². The normalized spacial score (nSPS) is 16.8. The van der Waals surface area contributed by atoms with Gasteiger partial charge in [0, 0.05) is 18.7 Å². The molecule has 1 aliphatic heterocycles. The average Bonchev–Trinajstić information content (AvgIpc) is 3.80. The van der Waals surface area contributed by atoms with Gasteiger partial charge in [-0.3, -0.25) is 10.1 Å². The standard InChI is InChI=1S/C32H32N8O4/c1-34-25(15-20-10-11-20)31(41)39-14-6-9-23(17-39)40-30-27(29(33)35-19-36-30)28(38-40)22-12-13-24(26(16-22)43-2)37-32(42)44-18-21-7-4-3-5-8-21/h3-5,7-8,12-13,15-16,19-20,23H,6,9-11,14,17-18H2,2H3,(H,37,42)(H2,33,35,36)/b25-15-. The highest BCUT2D eigenvalue weighted by Crippen LogP contribution is 2.37. The molecule has 4 aromatic rings. The lowest BCUT2D eigenvalue weighted by molar-refractivity contribution is -0.128. The number of nitrogen functional groups attached to an aromatic ring is 1. The van der Waals surface area contributed by atoms with Crippen molar-refractivity contribution < 1.29 is 19.1 Å². The van der Waals surface area contributed by atoms with E-state index in [0.717, 1.165) is 31.2 Å². The number of nitrogens with zero attached hydrogens (tertiary/aromatic N) is 6. The molecule has 0 radical (unpaired) electrons. The first-order valence-electron chi connectivity index (χ1n) is 14.5. The van der Waals surface area contributed by atoms with Gasteiger partial charge in [-0.2, -0.15) is 5.10 Å². The maximum atomic E-state index is 13.2. The first-order chi connectivity index (χ1) is 21.4. The van der Waals surface area contributed by atoms with Crippen molar-refractivity contribution in [3.8, 4) is 17.0 Å².